The number of hydrogen-bond acceptors (Lipinski definition) is 7. The van der Waals surface area contributed by atoms with Crippen LogP contribution in [-0.2, 0) is 33.0 Å². The highest BCUT2D eigenvalue weighted by Gasteiger charge is 2.66. The van der Waals surface area contributed by atoms with Crippen molar-refractivity contribution in [2.24, 2.45) is 5.92 Å². The van der Waals surface area contributed by atoms with Gasteiger partial charge in [0, 0.05) is 47.3 Å². The van der Waals surface area contributed by atoms with Gasteiger partial charge >= 0.3 is 0 Å². The number of carbonyl (C=O) groups is 2. The predicted molar refractivity (Wildman–Crippen MR) is 237 cm³/mol. The predicted octanol–water partition coefficient (Wildman–Crippen LogP) is 8.32. The van der Waals surface area contributed by atoms with Gasteiger partial charge in [0.15, 0.2) is 5.60 Å². The number of aromatic nitrogens is 3. The summed E-state index contributed by atoms with van der Waals surface area (Å²) in [7, 11) is -0.701. The first-order chi connectivity index (χ1) is 28.5. The summed E-state index contributed by atoms with van der Waals surface area (Å²) in [6.07, 6.45) is 6.94. The number of methoxy groups -OCH3 is 1. The van der Waals surface area contributed by atoms with E-state index in [0.717, 1.165) is 64.0 Å². The Hall–Kier alpha value is -4.62. The first-order valence-electron chi connectivity index (χ1n) is 20.9. The van der Waals surface area contributed by atoms with Crippen molar-refractivity contribution >= 4 is 52.4 Å². The van der Waals surface area contributed by atoms with Crippen LogP contribution in [0.25, 0.3) is 0 Å². The van der Waals surface area contributed by atoms with Gasteiger partial charge in [-0.1, -0.05) is 114 Å². The van der Waals surface area contributed by atoms with Gasteiger partial charge in [-0.05, 0) is 78.4 Å². The molecule has 2 amide bonds. The number of fused-ring (bicyclic) bond motifs is 2. The van der Waals surface area contributed by atoms with Gasteiger partial charge in [0.05, 0.1) is 51.7 Å². The monoisotopic (exact) mass is 875 g/mol. The summed E-state index contributed by atoms with van der Waals surface area (Å²) in [5, 5.41) is 20.6. The molecule has 59 heavy (non-hydrogen) atoms. The Balaban J connectivity index is 1.13. The van der Waals surface area contributed by atoms with E-state index in [1.165, 1.54) is 5.19 Å². The van der Waals surface area contributed by atoms with E-state index in [0.29, 0.717) is 38.2 Å². The van der Waals surface area contributed by atoms with Gasteiger partial charge in [-0.2, -0.15) is 0 Å². The number of rotatable bonds is 12. The SMILES string of the molecule is COc1ccc([Si](C)(C)[C@H]2[C@H](CCn3cc(C(CO)c4ccccc4)nn3)O[C@@]3(C(=O)N(Cc4cccc(N5CCCCCCC5=O)c4)c4ccc(Br)cc43)[C@@H]2C)cc1. The van der Waals surface area contributed by atoms with E-state index >= 15 is 4.79 Å². The average molecular weight is 877 g/mol. The van der Waals surface area contributed by atoms with E-state index in [2.05, 4.69) is 70.5 Å². The molecule has 4 aromatic carbocycles. The van der Waals surface area contributed by atoms with E-state index in [-0.39, 0.29) is 41.9 Å². The second-order valence-electron chi connectivity index (χ2n) is 16.9. The third kappa shape index (κ3) is 7.80. The number of anilines is 2. The van der Waals surface area contributed by atoms with Gasteiger partial charge in [-0.15, -0.1) is 5.10 Å². The fourth-order valence-electron chi connectivity index (χ4n) is 10.0. The Morgan fingerprint density at radius 3 is 2.51 bits per heavy atom. The average Bonchev–Trinajstić information content (AvgIpc) is 3.89. The third-order valence-electron chi connectivity index (χ3n) is 13.1. The minimum Gasteiger partial charge on any atom is -0.497 e. The summed E-state index contributed by atoms with van der Waals surface area (Å²) in [4.78, 5) is 32.5. The molecule has 3 aliphatic rings. The summed E-state index contributed by atoms with van der Waals surface area (Å²) in [5.41, 5.74) is 4.09. The normalized spacial score (nSPS) is 22.7. The minimum absolute atomic E-state index is 0.0468. The molecule has 1 spiro atoms. The standard InChI is InChI=1S/C47H54BrN5O5Si/c1-32-45(59(3,4)38-21-19-37(57-2)20-22-38)43(24-26-51-30-41(49-50-51)39(31-54)34-14-8-7-9-15-34)58-47(32)40-28-35(48)18-23-42(40)53(46(47)56)29-33-13-12-16-36(27-33)52-25-11-6-5-10-17-44(52)55/h7-9,12-16,18-23,27-28,30,32,39,43,45,54H,5-6,10-11,17,24-26,29,31H2,1-4H3/t32-,39?,43+,45-,47+/m1/s1. The molecule has 0 bridgehead atoms. The molecule has 1 unspecified atom stereocenters. The van der Waals surface area contributed by atoms with Crippen LogP contribution in [0.2, 0.25) is 18.6 Å². The highest BCUT2D eigenvalue weighted by Crippen LogP contribution is 2.60. The Morgan fingerprint density at radius 1 is 0.966 bits per heavy atom. The molecule has 0 aliphatic carbocycles. The molecule has 8 rings (SSSR count). The molecule has 4 heterocycles. The van der Waals surface area contributed by atoms with Crippen LogP contribution >= 0.6 is 15.9 Å². The number of benzene rings is 4. The fourth-order valence-corrected chi connectivity index (χ4v) is 14.5. The Bertz CT molecular complexity index is 2290. The zero-order valence-corrected chi connectivity index (χ0v) is 37.0. The lowest BCUT2D eigenvalue weighted by molar-refractivity contribution is -0.146. The molecule has 1 aromatic heterocycles. The van der Waals surface area contributed by atoms with E-state index < -0.39 is 13.7 Å². The number of aryl methyl sites for hydroxylation is 1. The molecule has 1 N–H and O–H groups in total. The molecule has 0 radical (unpaired) electrons. The van der Waals surface area contributed by atoms with Gasteiger partial charge < -0.3 is 24.4 Å². The molecule has 10 nitrogen and oxygen atoms in total. The second kappa shape index (κ2) is 17.2. The fraction of sp³-hybridized carbons (Fsp3) is 0.404. The van der Waals surface area contributed by atoms with E-state index in [1.54, 1.807) is 7.11 Å². The second-order valence-corrected chi connectivity index (χ2v) is 22.5. The smallest absolute Gasteiger partial charge is 0.264 e. The van der Waals surface area contributed by atoms with Gasteiger partial charge in [0.25, 0.3) is 5.91 Å². The van der Waals surface area contributed by atoms with Crippen LogP contribution in [0.5, 0.6) is 5.75 Å². The Labute approximate surface area is 356 Å². The van der Waals surface area contributed by atoms with Crippen LogP contribution in [0.4, 0.5) is 11.4 Å². The topological polar surface area (TPSA) is 110 Å². The van der Waals surface area contributed by atoms with Crippen molar-refractivity contribution < 1.29 is 24.2 Å². The van der Waals surface area contributed by atoms with Gasteiger partial charge in [0.2, 0.25) is 5.91 Å². The molecule has 2 saturated heterocycles. The summed E-state index contributed by atoms with van der Waals surface area (Å²) < 4.78 is 15.7. The maximum atomic E-state index is 15.5. The largest absolute Gasteiger partial charge is 0.497 e. The number of carbonyl (C=O) groups excluding carboxylic acids is 2. The van der Waals surface area contributed by atoms with Crippen molar-refractivity contribution in [1.82, 2.24) is 15.0 Å². The molecule has 12 heteroatoms. The molecular weight excluding hydrogens is 823 g/mol. The van der Waals surface area contributed by atoms with Crippen molar-refractivity contribution in [1.29, 1.82) is 0 Å². The number of ether oxygens (including phenoxy) is 2. The van der Waals surface area contributed by atoms with Crippen LogP contribution in [0.15, 0.2) is 108 Å². The van der Waals surface area contributed by atoms with Crippen molar-refractivity contribution in [2.75, 3.05) is 30.1 Å². The summed E-state index contributed by atoms with van der Waals surface area (Å²) >= 11 is 3.75. The zero-order valence-electron chi connectivity index (χ0n) is 34.4. The molecule has 2 fully saturated rings. The van der Waals surface area contributed by atoms with Crippen LogP contribution < -0.4 is 19.7 Å². The molecule has 0 saturated carbocycles. The van der Waals surface area contributed by atoms with Crippen molar-refractivity contribution in [3.8, 4) is 5.75 Å². The van der Waals surface area contributed by atoms with Crippen molar-refractivity contribution in [3.05, 3.63) is 130 Å². The first kappa shape index (κ1) is 41.1. The van der Waals surface area contributed by atoms with Crippen LogP contribution in [0.3, 0.4) is 0 Å². The molecular formula is C47H54BrN5O5Si. The lowest BCUT2D eigenvalue weighted by atomic mass is 9.82. The third-order valence-corrected chi connectivity index (χ3v) is 18.0. The van der Waals surface area contributed by atoms with Crippen LogP contribution in [0.1, 0.15) is 73.8 Å². The lowest BCUT2D eigenvalue weighted by Gasteiger charge is -2.37. The van der Waals surface area contributed by atoms with Crippen molar-refractivity contribution in [3.63, 3.8) is 0 Å². The van der Waals surface area contributed by atoms with Crippen LogP contribution in [-0.4, -0.2) is 66.4 Å². The van der Waals surface area contributed by atoms with E-state index in [1.807, 2.05) is 93.5 Å². The number of aliphatic hydroxyl groups is 1. The molecule has 5 atom stereocenters. The van der Waals surface area contributed by atoms with Crippen LogP contribution in [0, 0.1) is 5.92 Å². The highest BCUT2D eigenvalue weighted by molar-refractivity contribution is 9.10. The quantitative estimate of drug-likeness (QED) is 0.126. The Kier molecular flexibility index (Phi) is 12.0. The minimum atomic E-state index is -2.38. The summed E-state index contributed by atoms with van der Waals surface area (Å²) in [6.45, 7) is 8.50. The number of hydrogen-bond donors (Lipinski definition) is 1. The van der Waals surface area contributed by atoms with E-state index in [4.69, 9.17) is 9.47 Å². The van der Waals surface area contributed by atoms with Gasteiger partial charge in [0.1, 0.15) is 5.75 Å². The van der Waals surface area contributed by atoms with E-state index in [9.17, 15) is 9.90 Å². The summed E-state index contributed by atoms with van der Waals surface area (Å²) in [6, 6.07) is 32.5. The summed E-state index contributed by atoms with van der Waals surface area (Å²) in [5.74, 6) is 0.455. The maximum Gasteiger partial charge on any atom is 0.264 e. The van der Waals surface area contributed by atoms with Gasteiger partial charge in [-0.3, -0.25) is 14.3 Å². The zero-order chi connectivity index (χ0) is 41.3. The molecule has 5 aromatic rings. The van der Waals surface area contributed by atoms with Crippen molar-refractivity contribution in [2.45, 2.75) is 94.8 Å². The number of halogens is 1. The number of aliphatic hydroxyl groups excluding tert-OH is 1. The van der Waals surface area contributed by atoms with Gasteiger partial charge in [-0.25, -0.2) is 0 Å². The molecule has 3 aliphatic heterocycles. The number of nitrogens with zero attached hydrogens (tertiary/aromatic N) is 5. The number of amides is 2. The highest BCUT2D eigenvalue weighted by atomic mass is 79.9. The Morgan fingerprint density at radius 2 is 1.75 bits per heavy atom. The molecule has 308 valence electrons. The first-order valence-corrected chi connectivity index (χ1v) is 24.8. The maximum absolute atomic E-state index is 15.5. The lowest BCUT2D eigenvalue weighted by Crippen LogP contribution is -2.51.